The fourth-order valence-corrected chi connectivity index (χ4v) is 3.53. The van der Waals surface area contributed by atoms with E-state index in [1.807, 2.05) is 6.92 Å². The molecule has 0 aromatic rings. The standard InChI is InChI=1S/C18H33N5O2.HI/c1-3-19-17(20-11-12-23-16(24)13-21-18(23)25)22-14(2)9-10-15-7-5-4-6-8-15;/h14-15H,3-13H2,1-2H3,(H,21,25)(H2,19,20,22);1H. The van der Waals surface area contributed by atoms with Gasteiger partial charge < -0.3 is 16.0 Å². The number of carbonyl (C=O) groups excluding carboxylic acids is 2. The molecule has 1 aliphatic heterocycles. The van der Waals surface area contributed by atoms with Crippen molar-refractivity contribution in [3.63, 3.8) is 0 Å². The number of guanidine groups is 1. The van der Waals surface area contributed by atoms with E-state index in [9.17, 15) is 9.59 Å². The maximum absolute atomic E-state index is 11.6. The van der Waals surface area contributed by atoms with E-state index in [0.717, 1.165) is 24.8 Å². The molecule has 2 rings (SSSR count). The highest BCUT2D eigenvalue weighted by Gasteiger charge is 2.27. The number of urea groups is 1. The SMILES string of the molecule is CCNC(=NCCN1C(=O)CNC1=O)NC(C)CCC1CCCCC1.I. The van der Waals surface area contributed by atoms with Crippen LogP contribution >= 0.6 is 24.0 Å². The lowest BCUT2D eigenvalue weighted by Gasteiger charge is -2.24. The van der Waals surface area contributed by atoms with E-state index in [1.165, 1.54) is 43.4 Å². The Morgan fingerprint density at radius 1 is 1.31 bits per heavy atom. The van der Waals surface area contributed by atoms with Crippen molar-refractivity contribution >= 4 is 41.9 Å². The predicted octanol–water partition coefficient (Wildman–Crippen LogP) is 2.46. The largest absolute Gasteiger partial charge is 0.357 e. The van der Waals surface area contributed by atoms with Gasteiger partial charge in [-0.25, -0.2) is 4.79 Å². The molecule has 7 nitrogen and oxygen atoms in total. The fraction of sp³-hybridized carbons (Fsp3) is 0.833. The molecule has 3 amide bonds. The highest BCUT2D eigenvalue weighted by molar-refractivity contribution is 14.0. The van der Waals surface area contributed by atoms with E-state index < -0.39 is 0 Å². The van der Waals surface area contributed by atoms with Crippen LogP contribution in [0.4, 0.5) is 4.79 Å². The first-order valence-corrected chi connectivity index (χ1v) is 9.73. The molecule has 2 fully saturated rings. The number of amides is 3. The zero-order valence-electron chi connectivity index (χ0n) is 16.1. The van der Waals surface area contributed by atoms with Crippen molar-refractivity contribution in [3.8, 4) is 0 Å². The van der Waals surface area contributed by atoms with E-state index in [-0.39, 0.29) is 42.5 Å². The molecule has 0 aromatic heterocycles. The Balaban J connectivity index is 0.00000338. The molecule has 2 aliphatic rings. The van der Waals surface area contributed by atoms with E-state index >= 15 is 0 Å². The second kappa shape index (κ2) is 12.3. The molecule has 26 heavy (non-hydrogen) atoms. The zero-order chi connectivity index (χ0) is 18.1. The lowest BCUT2D eigenvalue weighted by Crippen LogP contribution is -2.43. The molecule has 150 valence electrons. The van der Waals surface area contributed by atoms with Crippen LogP contribution in [0.25, 0.3) is 0 Å². The number of hydrogen-bond acceptors (Lipinski definition) is 3. The van der Waals surface area contributed by atoms with Gasteiger partial charge in [0.2, 0.25) is 5.91 Å². The third-order valence-electron chi connectivity index (χ3n) is 4.99. The van der Waals surface area contributed by atoms with Crippen LogP contribution in [-0.2, 0) is 4.79 Å². The van der Waals surface area contributed by atoms with Crippen LogP contribution in [0.3, 0.4) is 0 Å². The highest BCUT2D eigenvalue weighted by atomic mass is 127. The van der Waals surface area contributed by atoms with Crippen LogP contribution in [-0.4, -0.2) is 55.0 Å². The third-order valence-corrected chi connectivity index (χ3v) is 4.99. The van der Waals surface area contributed by atoms with Crippen molar-refractivity contribution < 1.29 is 9.59 Å². The zero-order valence-corrected chi connectivity index (χ0v) is 18.4. The first kappa shape index (κ1) is 23.0. The molecule has 1 saturated heterocycles. The Bertz CT molecular complexity index is 464. The van der Waals surface area contributed by atoms with Crippen molar-refractivity contribution in [1.29, 1.82) is 0 Å². The summed E-state index contributed by atoms with van der Waals surface area (Å²) >= 11 is 0. The van der Waals surface area contributed by atoms with Gasteiger partial charge >= 0.3 is 6.03 Å². The molecule has 3 N–H and O–H groups in total. The first-order chi connectivity index (χ1) is 12.1. The summed E-state index contributed by atoms with van der Waals surface area (Å²) in [6.45, 7) is 5.82. The van der Waals surface area contributed by atoms with Crippen molar-refractivity contribution in [2.24, 2.45) is 10.9 Å². The van der Waals surface area contributed by atoms with Gasteiger partial charge in [0.15, 0.2) is 5.96 Å². The smallest absolute Gasteiger partial charge is 0.324 e. The normalized spacial score (nSPS) is 19.8. The molecule has 1 saturated carbocycles. The first-order valence-electron chi connectivity index (χ1n) is 9.73. The molecule has 0 bridgehead atoms. The summed E-state index contributed by atoms with van der Waals surface area (Å²) in [4.78, 5) is 28.8. The van der Waals surface area contributed by atoms with Crippen LogP contribution in [0.2, 0.25) is 0 Å². The second-order valence-electron chi connectivity index (χ2n) is 7.09. The van der Waals surface area contributed by atoms with Gasteiger partial charge in [-0.05, 0) is 32.6 Å². The summed E-state index contributed by atoms with van der Waals surface area (Å²) in [5.41, 5.74) is 0. The van der Waals surface area contributed by atoms with Crippen molar-refractivity contribution in [3.05, 3.63) is 0 Å². The van der Waals surface area contributed by atoms with Gasteiger partial charge in [0.25, 0.3) is 0 Å². The Morgan fingerprint density at radius 3 is 2.65 bits per heavy atom. The van der Waals surface area contributed by atoms with Gasteiger partial charge in [-0.1, -0.05) is 32.1 Å². The van der Waals surface area contributed by atoms with Crippen molar-refractivity contribution in [2.45, 2.75) is 64.8 Å². The number of aliphatic imine (C=N–C) groups is 1. The Morgan fingerprint density at radius 2 is 2.04 bits per heavy atom. The molecule has 1 heterocycles. The van der Waals surface area contributed by atoms with Gasteiger partial charge in [0.1, 0.15) is 0 Å². The van der Waals surface area contributed by atoms with Gasteiger partial charge in [-0.3, -0.25) is 14.7 Å². The maximum Gasteiger partial charge on any atom is 0.324 e. The number of nitrogens with one attached hydrogen (secondary N) is 3. The van der Waals surface area contributed by atoms with Crippen LogP contribution in [0.1, 0.15) is 58.8 Å². The van der Waals surface area contributed by atoms with Gasteiger partial charge in [-0.15, -0.1) is 24.0 Å². The Labute approximate surface area is 174 Å². The number of nitrogens with zero attached hydrogens (tertiary/aromatic N) is 2. The summed E-state index contributed by atoms with van der Waals surface area (Å²) < 4.78 is 0. The molecular weight excluding hydrogens is 445 g/mol. The minimum atomic E-state index is -0.320. The molecule has 0 aromatic carbocycles. The highest BCUT2D eigenvalue weighted by Crippen LogP contribution is 2.27. The minimum Gasteiger partial charge on any atom is -0.357 e. The number of halogens is 1. The average molecular weight is 479 g/mol. The minimum absolute atomic E-state index is 0. The molecule has 0 radical (unpaired) electrons. The third kappa shape index (κ3) is 7.67. The quantitative estimate of drug-likeness (QED) is 0.216. The number of hydrogen-bond donors (Lipinski definition) is 3. The number of carbonyl (C=O) groups is 2. The molecule has 8 heteroatoms. The van der Waals surface area contributed by atoms with Crippen molar-refractivity contribution in [2.75, 3.05) is 26.2 Å². The number of rotatable bonds is 8. The number of imide groups is 1. The molecule has 1 atom stereocenters. The Hall–Kier alpha value is -1.06. The predicted molar refractivity (Wildman–Crippen MR) is 115 cm³/mol. The molecule has 1 unspecified atom stereocenters. The molecule has 1 aliphatic carbocycles. The van der Waals surface area contributed by atoms with Gasteiger partial charge in [-0.2, -0.15) is 0 Å². The van der Waals surface area contributed by atoms with E-state index in [1.54, 1.807) is 0 Å². The summed E-state index contributed by atoms with van der Waals surface area (Å²) in [5, 5.41) is 9.19. The maximum atomic E-state index is 11.6. The van der Waals surface area contributed by atoms with E-state index in [4.69, 9.17) is 0 Å². The lowest BCUT2D eigenvalue weighted by molar-refractivity contribution is -0.124. The van der Waals surface area contributed by atoms with Crippen molar-refractivity contribution in [1.82, 2.24) is 20.9 Å². The summed E-state index contributed by atoms with van der Waals surface area (Å²) in [6, 6.07) is 0.0375. The van der Waals surface area contributed by atoms with Crippen LogP contribution in [0.15, 0.2) is 4.99 Å². The molecular formula is C18H34IN5O2. The van der Waals surface area contributed by atoms with Gasteiger partial charge in [0.05, 0.1) is 19.6 Å². The summed E-state index contributed by atoms with van der Waals surface area (Å²) in [6.07, 6.45) is 9.36. The van der Waals surface area contributed by atoms with Crippen LogP contribution in [0, 0.1) is 5.92 Å². The summed E-state index contributed by atoms with van der Waals surface area (Å²) in [7, 11) is 0. The van der Waals surface area contributed by atoms with Crippen LogP contribution < -0.4 is 16.0 Å². The monoisotopic (exact) mass is 479 g/mol. The average Bonchev–Trinajstić information content (AvgIpc) is 2.93. The lowest BCUT2D eigenvalue weighted by atomic mass is 9.85. The second-order valence-corrected chi connectivity index (χ2v) is 7.09. The van der Waals surface area contributed by atoms with Crippen LogP contribution in [0.5, 0.6) is 0 Å². The van der Waals surface area contributed by atoms with E-state index in [2.05, 4.69) is 27.9 Å². The fourth-order valence-electron chi connectivity index (χ4n) is 3.53. The topological polar surface area (TPSA) is 85.8 Å². The Kier molecular flexibility index (Phi) is 10.9. The molecule has 0 spiro atoms. The van der Waals surface area contributed by atoms with E-state index in [0.29, 0.717) is 19.1 Å². The van der Waals surface area contributed by atoms with Gasteiger partial charge in [0, 0.05) is 12.6 Å². The summed E-state index contributed by atoms with van der Waals surface area (Å²) in [5.74, 6) is 1.46.